The lowest BCUT2D eigenvalue weighted by Crippen LogP contribution is -2.46. The second-order valence-corrected chi connectivity index (χ2v) is 5.89. The van der Waals surface area contributed by atoms with E-state index in [9.17, 15) is 5.11 Å². The van der Waals surface area contributed by atoms with E-state index >= 15 is 0 Å². The van der Waals surface area contributed by atoms with Gasteiger partial charge in [0.15, 0.2) is 0 Å². The molecule has 3 rings (SSSR count). The summed E-state index contributed by atoms with van der Waals surface area (Å²) in [5.41, 5.74) is 1.02. The smallest absolute Gasteiger partial charge is 0.138 e. The predicted molar refractivity (Wildman–Crippen MR) is 81.5 cm³/mol. The second kappa shape index (κ2) is 5.19. The van der Waals surface area contributed by atoms with E-state index in [-0.39, 0.29) is 12.5 Å². The van der Waals surface area contributed by atoms with Gasteiger partial charge in [0.05, 0.1) is 0 Å². The van der Waals surface area contributed by atoms with Crippen LogP contribution in [0.5, 0.6) is 0 Å². The van der Waals surface area contributed by atoms with Gasteiger partial charge in [0.1, 0.15) is 11.0 Å². The maximum absolute atomic E-state index is 9.41. The quantitative estimate of drug-likeness (QED) is 0.883. The summed E-state index contributed by atoms with van der Waals surface area (Å²) in [6.07, 6.45) is 4.84. The van der Waals surface area contributed by atoms with Gasteiger partial charge >= 0.3 is 0 Å². The molecule has 1 aliphatic rings. The van der Waals surface area contributed by atoms with Crippen LogP contribution in [-0.4, -0.2) is 34.3 Å². The SMILES string of the molecule is C[C@H](CO)c1cnc(N2CC[C@H]2C)c2cnc(Cl)cc12. The topological polar surface area (TPSA) is 49.3 Å². The van der Waals surface area contributed by atoms with E-state index in [4.69, 9.17) is 11.6 Å². The molecule has 1 saturated heterocycles. The monoisotopic (exact) mass is 291 g/mol. The molecule has 2 atom stereocenters. The summed E-state index contributed by atoms with van der Waals surface area (Å²) < 4.78 is 0. The fourth-order valence-electron chi connectivity index (χ4n) is 2.67. The third-order valence-corrected chi connectivity index (χ3v) is 4.35. The van der Waals surface area contributed by atoms with Gasteiger partial charge < -0.3 is 10.0 Å². The maximum Gasteiger partial charge on any atom is 0.138 e. The van der Waals surface area contributed by atoms with E-state index in [1.165, 1.54) is 6.42 Å². The molecule has 4 nitrogen and oxygen atoms in total. The molecule has 0 radical (unpaired) electrons. The van der Waals surface area contributed by atoms with Gasteiger partial charge in [0.25, 0.3) is 0 Å². The van der Waals surface area contributed by atoms with Gasteiger partial charge in [-0.2, -0.15) is 0 Å². The highest BCUT2D eigenvalue weighted by atomic mass is 35.5. The van der Waals surface area contributed by atoms with Crippen LogP contribution in [-0.2, 0) is 0 Å². The molecule has 0 aromatic carbocycles. The van der Waals surface area contributed by atoms with Gasteiger partial charge in [-0.3, -0.25) is 0 Å². The summed E-state index contributed by atoms with van der Waals surface area (Å²) in [7, 11) is 0. The Bertz CT molecular complexity index is 646. The zero-order valence-corrected chi connectivity index (χ0v) is 12.4. The Kier molecular flexibility index (Phi) is 3.52. The number of anilines is 1. The van der Waals surface area contributed by atoms with Crippen molar-refractivity contribution in [2.24, 2.45) is 0 Å². The molecule has 5 heteroatoms. The number of aromatic nitrogens is 2. The number of nitrogens with zero attached hydrogens (tertiary/aromatic N) is 3. The first-order chi connectivity index (χ1) is 9.61. The van der Waals surface area contributed by atoms with Gasteiger partial charge in [-0.1, -0.05) is 18.5 Å². The molecule has 20 heavy (non-hydrogen) atoms. The minimum absolute atomic E-state index is 0.0336. The largest absolute Gasteiger partial charge is 0.396 e. The molecule has 2 aromatic heterocycles. The number of halogens is 1. The lowest BCUT2D eigenvalue weighted by Gasteiger charge is -2.40. The molecular formula is C15H18ClN3O. The Morgan fingerprint density at radius 2 is 2.20 bits per heavy atom. The number of aliphatic hydroxyl groups is 1. The molecular weight excluding hydrogens is 274 g/mol. The van der Waals surface area contributed by atoms with Crippen molar-refractivity contribution in [1.29, 1.82) is 0 Å². The lowest BCUT2D eigenvalue weighted by molar-refractivity contribution is 0.273. The third-order valence-electron chi connectivity index (χ3n) is 4.15. The molecule has 3 heterocycles. The van der Waals surface area contributed by atoms with E-state index in [2.05, 4.69) is 21.8 Å². The van der Waals surface area contributed by atoms with Crippen molar-refractivity contribution in [3.63, 3.8) is 0 Å². The van der Waals surface area contributed by atoms with Gasteiger partial charge in [0.2, 0.25) is 0 Å². The van der Waals surface area contributed by atoms with Crippen molar-refractivity contribution in [3.05, 3.63) is 29.2 Å². The van der Waals surface area contributed by atoms with Crippen LogP contribution in [0.3, 0.4) is 0 Å². The van der Waals surface area contributed by atoms with E-state index in [0.29, 0.717) is 11.2 Å². The number of hydrogen-bond acceptors (Lipinski definition) is 4. The summed E-state index contributed by atoms with van der Waals surface area (Å²) >= 11 is 6.04. The van der Waals surface area contributed by atoms with Crippen LogP contribution in [0.1, 0.15) is 31.7 Å². The Labute approximate surface area is 123 Å². The zero-order valence-electron chi connectivity index (χ0n) is 11.7. The van der Waals surface area contributed by atoms with Crippen LogP contribution >= 0.6 is 11.6 Å². The molecule has 1 aliphatic heterocycles. The molecule has 106 valence electrons. The standard InChI is InChI=1S/C15H18ClN3O/c1-9(8-20)12-6-18-15(19-4-3-10(19)2)13-7-17-14(16)5-11(12)13/h5-7,9-10,20H,3-4,8H2,1-2H3/t9-,10-/m1/s1. The second-order valence-electron chi connectivity index (χ2n) is 5.50. The fraction of sp³-hybridized carbons (Fsp3) is 0.467. The van der Waals surface area contributed by atoms with E-state index in [1.807, 2.05) is 19.2 Å². The van der Waals surface area contributed by atoms with E-state index in [1.54, 1.807) is 6.20 Å². The molecule has 0 spiro atoms. The van der Waals surface area contributed by atoms with Crippen LogP contribution in [0.15, 0.2) is 18.5 Å². The molecule has 0 amide bonds. The van der Waals surface area contributed by atoms with Gasteiger partial charge in [0, 0.05) is 42.9 Å². The Balaban J connectivity index is 2.20. The fourth-order valence-corrected chi connectivity index (χ4v) is 2.83. The first kappa shape index (κ1) is 13.6. The summed E-state index contributed by atoms with van der Waals surface area (Å²) in [6.45, 7) is 5.30. The number of pyridine rings is 2. The molecule has 0 bridgehead atoms. The van der Waals surface area contributed by atoms with Crippen LogP contribution in [0.2, 0.25) is 5.15 Å². The number of rotatable bonds is 3. The minimum atomic E-state index is 0.0336. The Morgan fingerprint density at radius 3 is 2.80 bits per heavy atom. The molecule has 1 N–H and O–H groups in total. The first-order valence-corrected chi connectivity index (χ1v) is 7.31. The molecule has 2 aromatic rings. The van der Waals surface area contributed by atoms with E-state index < -0.39 is 0 Å². The van der Waals surface area contributed by atoms with Crippen molar-refractivity contribution in [2.75, 3.05) is 18.1 Å². The highest BCUT2D eigenvalue weighted by Crippen LogP contribution is 2.35. The van der Waals surface area contributed by atoms with Gasteiger partial charge in [-0.25, -0.2) is 9.97 Å². The van der Waals surface area contributed by atoms with Crippen LogP contribution in [0.4, 0.5) is 5.82 Å². The van der Waals surface area contributed by atoms with Crippen molar-refractivity contribution in [3.8, 4) is 0 Å². The zero-order chi connectivity index (χ0) is 14.3. The summed E-state index contributed by atoms with van der Waals surface area (Å²) in [4.78, 5) is 11.1. The molecule has 0 saturated carbocycles. The van der Waals surface area contributed by atoms with Crippen LogP contribution in [0, 0.1) is 0 Å². The summed E-state index contributed by atoms with van der Waals surface area (Å²) in [6, 6.07) is 2.39. The number of fused-ring (bicyclic) bond motifs is 1. The maximum atomic E-state index is 9.41. The Morgan fingerprint density at radius 1 is 1.40 bits per heavy atom. The van der Waals surface area contributed by atoms with Crippen molar-refractivity contribution >= 4 is 28.2 Å². The number of hydrogen-bond donors (Lipinski definition) is 1. The lowest BCUT2D eigenvalue weighted by atomic mass is 9.97. The first-order valence-electron chi connectivity index (χ1n) is 6.93. The highest BCUT2D eigenvalue weighted by molar-refractivity contribution is 6.30. The average Bonchev–Trinajstić information content (AvgIpc) is 2.44. The Hall–Kier alpha value is -1.39. The van der Waals surface area contributed by atoms with Crippen LogP contribution in [0.25, 0.3) is 10.8 Å². The molecule has 0 unspecified atom stereocenters. The molecule has 0 aliphatic carbocycles. The molecule has 1 fully saturated rings. The predicted octanol–water partition coefficient (Wildman–Crippen LogP) is 2.98. The van der Waals surface area contributed by atoms with Crippen molar-refractivity contribution in [2.45, 2.75) is 32.2 Å². The highest BCUT2D eigenvalue weighted by Gasteiger charge is 2.27. The summed E-state index contributed by atoms with van der Waals surface area (Å²) in [5.74, 6) is 1.00. The van der Waals surface area contributed by atoms with Gasteiger partial charge in [-0.05, 0) is 30.4 Å². The number of aliphatic hydroxyl groups excluding tert-OH is 1. The summed E-state index contributed by atoms with van der Waals surface area (Å²) in [5, 5.41) is 11.9. The van der Waals surface area contributed by atoms with Crippen molar-refractivity contribution < 1.29 is 5.11 Å². The van der Waals surface area contributed by atoms with E-state index in [0.717, 1.165) is 28.7 Å². The van der Waals surface area contributed by atoms with Crippen molar-refractivity contribution in [1.82, 2.24) is 9.97 Å². The average molecular weight is 292 g/mol. The van der Waals surface area contributed by atoms with Gasteiger partial charge in [-0.15, -0.1) is 0 Å². The normalized spacial score (nSPS) is 20.0. The van der Waals surface area contributed by atoms with Crippen LogP contribution < -0.4 is 4.90 Å². The third kappa shape index (κ3) is 2.13. The minimum Gasteiger partial charge on any atom is -0.396 e.